The van der Waals surface area contributed by atoms with Crippen LogP contribution in [-0.2, 0) is 6.54 Å². The van der Waals surface area contributed by atoms with Crippen LogP contribution in [0.15, 0.2) is 41.7 Å². The maximum atomic E-state index is 5.92. The maximum Gasteiger partial charge on any atom is 0.191 e. The molecule has 0 aliphatic carbocycles. The molecule has 0 aliphatic heterocycles. The second kappa shape index (κ2) is 13.2. The lowest BCUT2D eigenvalue weighted by Crippen LogP contribution is -2.38. The summed E-state index contributed by atoms with van der Waals surface area (Å²) < 4.78 is 13.1. The number of nitrogens with zero attached hydrogens (tertiary/aromatic N) is 3. The molecule has 1 aromatic carbocycles. The number of aromatic nitrogens is 2. The van der Waals surface area contributed by atoms with E-state index in [-0.39, 0.29) is 30.1 Å². The summed E-state index contributed by atoms with van der Waals surface area (Å²) in [6, 6.07) is 7.61. The van der Waals surface area contributed by atoms with Gasteiger partial charge in [0.25, 0.3) is 0 Å². The third-order valence-corrected chi connectivity index (χ3v) is 3.85. The van der Waals surface area contributed by atoms with Crippen molar-refractivity contribution in [3.8, 4) is 11.5 Å². The number of hydrogen-bond donors (Lipinski definition) is 2. The number of ether oxygens (including phenoxy) is 2. The fourth-order valence-electron chi connectivity index (χ4n) is 2.54. The third-order valence-electron chi connectivity index (χ3n) is 3.85. The molecule has 0 radical (unpaired) electrons. The zero-order valence-electron chi connectivity index (χ0n) is 17.1. The summed E-state index contributed by atoms with van der Waals surface area (Å²) in [5, 5.41) is 10.9. The van der Waals surface area contributed by atoms with E-state index in [0.717, 1.165) is 43.5 Å². The standard InChI is InChI=1S/C20H31N5O2.HI/c1-5-21-20(22-10-7-11-25-15-16(2)13-24-25)23-14-17(3)27-19-9-6-8-18(12-19)26-4;/h6,8-9,12-13,15,17H,5,7,10-11,14H2,1-4H3,(H2,21,22,23);1H. The Balaban J connectivity index is 0.00000392. The predicted octanol–water partition coefficient (Wildman–Crippen LogP) is 3.23. The first kappa shape index (κ1) is 24.1. The van der Waals surface area contributed by atoms with Crippen molar-refractivity contribution in [1.82, 2.24) is 20.4 Å². The molecule has 0 bridgehead atoms. The summed E-state index contributed by atoms with van der Waals surface area (Å²) in [7, 11) is 1.65. The molecule has 156 valence electrons. The summed E-state index contributed by atoms with van der Waals surface area (Å²) in [5.41, 5.74) is 1.18. The van der Waals surface area contributed by atoms with Crippen molar-refractivity contribution >= 4 is 29.9 Å². The normalized spacial score (nSPS) is 12.1. The smallest absolute Gasteiger partial charge is 0.191 e. The quantitative estimate of drug-likeness (QED) is 0.227. The average Bonchev–Trinajstić information content (AvgIpc) is 3.08. The molecule has 8 heteroatoms. The lowest BCUT2D eigenvalue weighted by molar-refractivity contribution is 0.229. The summed E-state index contributed by atoms with van der Waals surface area (Å²) in [4.78, 5) is 4.62. The van der Waals surface area contributed by atoms with Crippen molar-refractivity contribution in [2.75, 3.05) is 26.7 Å². The number of aryl methyl sites for hydroxylation is 2. The van der Waals surface area contributed by atoms with Gasteiger partial charge in [0.2, 0.25) is 0 Å². The minimum absolute atomic E-state index is 0. The van der Waals surface area contributed by atoms with Gasteiger partial charge in [0.1, 0.15) is 17.6 Å². The van der Waals surface area contributed by atoms with E-state index < -0.39 is 0 Å². The summed E-state index contributed by atoms with van der Waals surface area (Å²) in [6.45, 7) is 9.20. The molecule has 1 aromatic heterocycles. The Hall–Kier alpha value is -1.97. The second-order valence-electron chi connectivity index (χ2n) is 6.39. The van der Waals surface area contributed by atoms with Crippen molar-refractivity contribution in [3.63, 3.8) is 0 Å². The van der Waals surface area contributed by atoms with E-state index >= 15 is 0 Å². The van der Waals surface area contributed by atoms with Gasteiger partial charge in [-0.25, -0.2) is 4.99 Å². The van der Waals surface area contributed by atoms with Crippen LogP contribution in [0.4, 0.5) is 0 Å². The molecule has 1 unspecified atom stereocenters. The monoisotopic (exact) mass is 501 g/mol. The van der Waals surface area contributed by atoms with Gasteiger partial charge >= 0.3 is 0 Å². The zero-order valence-corrected chi connectivity index (χ0v) is 19.5. The first-order chi connectivity index (χ1) is 13.1. The molecular weight excluding hydrogens is 469 g/mol. The average molecular weight is 501 g/mol. The van der Waals surface area contributed by atoms with E-state index in [1.807, 2.05) is 49.0 Å². The van der Waals surface area contributed by atoms with E-state index in [9.17, 15) is 0 Å². The third kappa shape index (κ3) is 8.81. The van der Waals surface area contributed by atoms with Gasteiger partial charge in [-0.3, -0.25) is 4.68 Å². The lowest BCUT2D eigenvalue weighted by atomic mass is 10.3. The van der Waals surface area contributed by atoms with Gasteiger partial charge in [0, 0.05) is 31.9 Å². The van der Waals surface area contributed by atoms with Crippen LogP contribution in [0.25, 0.3) is 0 Å². The molecule has 2 N–H and O–H groups in total. The van der Waals surface area contributed by atoms with Crippen LogP contribution in [-0.4, -0.2) is 48.6 Å². The van der Waals surface area contributed by atoms with Crippen molar-refractivity contribution in [3.05, 3.63) is 42.2 Å². The molecule has 0 spiro atoms. The van der Waals surface area contributed by atoms with Gasteiger partial charge in [0.15, 0.2) is 5.96 Å². The van der Waals surface area contributed by atoms with Gasteiger partial charge < -0.3 is 20.1 Å². The molecule has 28 heavy (non-hydrogen) atoms. The number of benzene rings is 1. The van der Waals surface area contributed by atoms with E-state index in [2.05, 4.69) is 33.8 Å². The Kier molecular flexibility index (Phi) is 11.4. The number of halogens is 1. The minimum Gasteiger partial charge on any atom is -0.497 e. The molecule has 2 aromatic rings. The van der Waals surface area contributed by atoms with Crippen LogP contribution in [0.3, 0.4) is 0 Å². The number of rotatable bonds is 10. The van der Waals surface area contributed by atoms with E-state index in [4.69, 9.17) is 9.47 Å². The fraction of sp³-hybridized carbons (Fsp3) is 0.500. The van der Waals surface area contributed by atoms with Gasteiger partial charge in [-0.2, -0.15) is 5.10 Å². The van der Waals surface area contributed by atoms with Gasteiger partial charge in [-0.1, -0.05) is 6.07 Å². The maximum absolute atomic E-state index is 5.92. The highest BCUT2D eigenvalue weighted by molar-refractivity contribution is 14.0. The van der Waals surface area contributed by atoms with Gasteiger partial charge in [0.05, 0.1) is 19.9 Å². The fourth-order valence-corrected chi connectivity index (χ4v) is 2.54. The molecule has 0 aliphatic rings. The Morgan fingerprint density at radius 3 is 2.75 bits per heavy atom. The molecule has 2 rings (SSSR count). The SMILES string of the molecule is CCNC(=NCC(C)Oc1cccc(OC)c1)NCCCn1cc(C)cn1.I. The van der Waals surface area contributed by atoms with Gasteiger partial charge in [-0.15, -0.1) is 24.0 Å². The number of methoxy groups -OCH3 is 1. The van der Waals surface area contributed by atoms with Crippen LogP contribution >= 0.6 is 24.0 Å². The number of hydrogen-bond acceptors (Lipinski definition) is 4. The molecule has 1 heterocycles. The minimum atomic E-state index is -0.0420. The van der Waals surface area contributed by atoms with Crippen LogP contribution < -0.4 is 20.1 Å². The topological polar surface area (TPSA) is 72.7 Å². The highest BCUT2D eigenvalue weighted by Gasteiger charge is 2.06. The molecular formula is C20H32IN5O2. The van der Waals surface area contributed by atoms with Crippen molar-refractivity contribution < 1.29 is 9.47 Å². The van der Waals surface area contributed by atoms with Crippen molar-refractivity contribution in [2.24, 2.45) is 4.99 Å². The number of aliphatic imine (C=N–C) groups is 1. The number of nitrogens with one attached hydrogen (secondary N) is 2. The Morgan fingerprint density at radius 1 is 1.29 bits per heavy atom. The van der Waals surface area contributed by atoms with Crippen LogP contribution in [0.5, 0.6) is 11.5 Å². The summed E-state index contributed by atoms with van der Waals surface area (Å²) in [5.74, 6) is 2.37. The molecule has 7 nitrogen and oxygen atoms in total. The van der Waals surface area contributed by atoms with E-state index in [1.165, 1.54) is 5.56 Å². The van der Waals surface area contributed by atoms with Gasteiger partial charge in [-0.05, 0) is 44.9 Å². The molecule has 0 fully saturated rings. The molecule has 0 amide bonds. The highest BCUT2D eigenvalue weighted by atomic mass is 127. The first-order valence-corrected chi connectivity index (χ1v) is 9.42. The Bertz CT molecular complexity index is 720. The number of guanidine groups is 1. The van der Waals surface area contributed by atoms with Crippen LogP contribution in [0.2, 0.25) is 0 Å². The second-order valence-corrected chi connectivity index (χ2v) is 6.39. The first-order valence-electron chi connectivity index (χ1n) is 9.42. The van der Waals surface area contributed by atoms with Crippen LogP contribution in [0, 0.1) is 6.92 Å². The summed E-state index contributed by atoms with van der Waals surface area (Å²) in [6.07, 6.45) is 4.86. The molecule has 0 saturated heterocycles. The lowest BCUT2D eigenvalue weighted by Gasteiger charge is -2.15. The van der Waals surface area contributed by atoms with Crippen molar-refractivity contribution in [1.29, 1.82) is 0 Å². The highest BCUT2D eigenvalue weighted by Crippen LogP contribution is 2.19. The van der Waals surface area contributed by atoms with Crippen LogP contribution in [0.1, 0.15) is 25.8 Å². The van der Waals surface area contributed by atoms with E-state index in [0.29, 0.717) is 6.54 Å². The Morgan fingerprint density at radius 2 is 2.07 bits per heavy atom. The summed E-state index contributed by atoms with van der Waals surface area (Å²) >= 11 is 0. The molecule has 1 atom stereocenters. The zero-order chi connectivity index (χ0) is 19.5. The predicted molar refractivity (Wildman–Crippen MR) is 124 cm³/mol. The van der Waals surface area contributed by atoms with Crippen molar-refractivity contribution in [2.45, 2.75) is 39.8 Å². The largest absolute Gasteiger partial charge is 0.497 e. The Labute approximate surface area is 184 Å². The molecule has 0 saturated carbocycles. The van der Waals surface area contributed by atoms with E-state index in [1.54, 1.807) is 7.11 Å².